The van der Waals surface area contributed by atoms with Crippen LogP contribution in [0.15, 0.2) is 41.9 Å². The van der Waals surface area contributed by atoms with Gasteiger partial charge in [0.1, 0.15) is 5.75 Å². The monoisotopic (exact) mass is 347 g/mol. The van der Waals surface area contributed by atoms with Crippen LogP contribution in [0.25, 0.3) is 11.3 Å². The number of ether oxygens (including phenoxy) is 1. The third-order valence-corrected chi connectivity index (χ3v) is 4.60. The first-order valence-corrected chi connectivity index (χ1v) is 8.71. The van der Waals surface area contributed by atoms with Crippen LogP contribution in [0.1, 0.15) is 17.4 Å². The Hall–Kier alpha value is -1.82. The minimum absolute atomic E-state index is 0.598. The maximum atomic E-state index is 6.28. The van der Waals surface area contributed by atoms with Crippen LogP contribution in [0, 0.1) is 0 Å². The van der Waals surface area contributed by atoms with E-state index in [9.17, 15) is 0 Å². The normalized spacial score (nSPS) is 10.9. The van der Waals surface area contributed by atoms with Gasteiger partial charge in [-0.05, 0) is 36.6 Å². The number of thiophene rings is 1. The number of nitrogens with zero attached hydrogens (tertiary/aromatic N) is 1. The number of halogens is 1. The Kier molecular flexibility index (Phi) is 5.33. The number of hydrogen-bond acceptors (Lipinski definition) is 4. The second-order valence-corrected chi connectivity index (χ2v) is 6.47. The highest BCUT2D eigenvalue weighted by atomic mass is 35.5. The highest BCUT2D eigenvalue weighted by Crippen LogP contribution is 2.31. The topological polar surface area (TPSA) is 49.9 Å². The molecule has 6 heteroatoms. The van der Waals surface area contributed by atoms with Crippen LogP contribution in [0.4, 0.5) is 0 Å². The predicted octanol–water partition coefficient (Wildman–Crippen LogP) is 4.48. The van der Waals surface area contributed by atoms with Crippen LogP contribution in [0.3, 0.4) is 0 Å². The van der Waals surface area contributed by atoms with E-state index in [1.807, 2.05) is 31.3 Å². The SMILES string of the molecule is CCOc1ccc(-c2[nH]ncc2CNCc2cccs2)cc1Cl. The molecule has 0 saturated carbocycles. The molecule has 0 radical (unpaired) electrons. The van der Waals surface area contributed by atoms with E-state index in [1.54, 1.807) is 11.3 Å². The van der Waals surface area contributed by atoms with Gasteiger partial charge in [-0.2, -0.15) is 5.10 Å². The molecule has 0 atom stereocenters. The van der Waals surface area contributed by atoms with Crippen molar-refractivity contribution in [1.29, 1.82) is 0 Å². The average Bonchev–Trinajstić information content (AvgIpc) is 3.21. The van der Waals surface area contributed by atoms with Gasteiger partial charge in [0.2, 0.25) is 0 Å². The fourth-order valence-electron chi connectivity index (χ4n) is 2.36. The molecule has 0 aliphatic carbocycles. The van der Waals surface area contributed by atoms with Crippen LogP contribution in [-0.4, -0.2) is 16.8 Å². The summed E-state index contributed by atoms with van der Waals surface area (Å²) in [5, 5.41) is 13.4. The van der Waals surface area contributed by atoms with Gasteiger partial charge >= 0.3 is 0 Å². The predicted molar refractivity (Wildman–Crippen MR) is 95.1 cm³/mol. The summed E-state index contributed by atoms with van der Waals surface area (Å²) < 4.78 is 5.48. The molecule has 0 unspecified atom stereocenters. The van der Waals surface area contributed by atoms with Crippen LogP contribution in [0.5, 0.6) is 5.75 Å². The smallest absolute Gasteiger partial charge is 0.137 e. The van der Waals surface area contributed by atoms with Gasteiger partial charge in [0.05, 0.1) is 23.5 Å². The lowest BCUT2D eigenvalue weighted by molar-refractivity contribution is 0.340. The van der Waals surface area contributed by atoms with E-state index in [2.05, 4.69) is 33.0 Å². The zero-order valence-electron chi connectivity index (χ0n) is 12.8. The lowest BCUT2D eigenvalue weighted by Crippen LogP contribution is -2.11. The molecule has 0 aliphatic rings. The zero-order chi connectivity index (χ0) is 16.1. The number of aromatic amines is 1. The molecule has 3 aromatic rings. The molecule has 0 spiro atoms. The molecule has 2 aromatic heterocycles. The number of hydrogen-bond donors (Lipinski definition) is 2. The second kappa shape index (κ2) is 7.64. The highest BCUT2D eigenvalue weighted by molar-refractivity contribution is 7.09. The van der Waals surface area contributed by atoms with E-state index in [4.69, 9.17) is 16.3 Å². The van der Waals surface area contributed by atoms with E-state index < -0.39 is 0 Å². The largest absolute Gasteiger partial charge is 0.492 e. The van der Waals surface area contributed by atoms with Crippen molar-refractivity contribution < 1.29 is 4.74 Å². The molecule has 0 amide bonds. The number of aromatic nitrogens is 2. The van der Waals surface area contributed by atoms with Gasteiger partial charge in [0, 0.05) is 29.1 Å². The van der Waals surface area contributed by atoms with Gasteiger partial charge in [-0.3, -0.25) is 5.10 Å². The Morgan fingerprint density at radius 3 is 2.96 bits per heavy atom. The Labute approximate surface area is 144 Å². The van der Waals surface area contributed by atoms with Gasteiger partial charge in [-0.25, -0.2) is 0 Å². The highest BCUT2D eigenvalue weighted by Gasteiger charge is 2.10. The Bertz CT molecular complexity index is 755. The summed E-state index contributed by atoms with van der Waals surface area (Å²) in [6.45, 7) is 4.14. The lowest BCUT2D eigenvalue weighted by atomic mass is 10.1. The summed E-state index contributed by atoms with van der Waals surface area (Å²) in [4.78, 5) is 1.32. The lowest BCUT2D eigenvalue weighted by Gasteiger charge is -2.09. The number of benzene rings is 1. The fraction of sp³-hybridized carbons (Fsp3) is 0.235. The molecule has 1 aromatic carbocycles. The Balaban J connectivity index is 1.71. The summed E-state index contributed by atoms with van der Waals surface area (Å²) in [7, 11) is 0. The Morgan fingerprint density at radius 2 is 2.22 bits per heavy atom. The van der Waals surface area contributed by atoms with Crippen LogP contribution >= 0.6 is 22.9 Å². The summed E-state index contributed by atoms with van der Waals surface area (Å²) in [6, 6.07) is 9.98. The summed E-state index contributed by atoms with van der Waals surface area (Å²) >= 11 is 8.03. The van der Waals surface area contributed by atoms with Gasteiger partial charge in [0.25, 0.3) is 0 Å². The zero-order valence-corrected chi connectivity index (χ0v) is 14.4. The summed E-state index contributed by atoms with van der Waals surface area (Å²) in [5.41, 5.74) is 3.10. The minimum atomic E-state index is 0.598. The molecule has 120 valence electrons. The first kappa shape index (κ1) is 16.1. The third kappa shape index (κ3) is 3.93. The summed E-state index contributed by atoms with van der Waals surface area (Å²) in [6.07, 6.45) is 1.85. The van der Waals surface area contributed by atoms with Crippen molar-refractivity contribution in [2.75, 3.05) is 6.61 Å². The van der Waals surface area contributed by atoms with Crippen LogP contribution < -0.4 is 10.1 Å². The van der Waals surface area contributed by atoms with Crippen molar-refractivity contribution in [2.45, 2.75) is 20.0 Å². The quantitative estimate of drug-likeness (QED) is 0.662. The second-order valence-electron chi connectivity index (χ2n) is 5.03. The first-order chi connectivity index (χ1) is 11.3. The van der Waals surface area contributed by atoms with Crippen molar-refractivity contribution in [3.8, 4) is 17.0 Å². The molecule has 0 saturated heterocycles. The van der Waals surface area contributed by atoms with Crippen molar-refractivity contribution in [3.63, 3.8) is 0 Å². The molecule has 4 nitrogen and oxygen atoms in total. The molecule has 0 aliphatic heterocycles. The molecule has 2 N–H and O–H groups in total. The first-order valence-electron chi connectivity index (χ1n) is 7.46. The molecular weight excluding hydrogens is 330 g/mol. The fourth-order valence-corrected chi connectivity index (χ4v) is 3.27. The maximum Gasteiger partial charge on any atom is 0.137 e. The molecule has 2 heterocycles. The minimum Gasteiger partial charge on any atom is -0.492 e. The van der Waals surface area contributed by atoms with E-state index in [0.29, 0.717) is 17.4 Å². The van der Waals surface area contributed by atoms with E-state index in [-0.39, 0.29) is 0 Å². The van der Waals surface area contributed by atoms with Crippen molar-refractivity contribution in [3.05, 3.63) is 57.4 Å². The van der Waals surface area contributed by atoms with Gasteiger partial charge in [-0.15, -0.1) is 11.3 Å². The van der Waals surface area contributed by atoms with Crippen molar-refractivity contribution in [2.24, 2.45) is 0 Å². The van der Waals surface area contributed by atoms with Crippen LogP contribution in [0.2, 0.25) is 5.02 Å². The van der Waals surface area contributed by atoms with E-state index >= 15 is 0 Å². The number of H-pyrrole nitrogens is 1. The molecule has 3 rings (SSSR count). The molecule has 23 heavy (non-hydrogen) atoms. The number of nitrogens with one attached hydrogen (secondary N) is 2. The van der Waals surface area contributed by atoms with Crippen molar-refractivity contribution >= 4 is 22.9 Å². The van der Waals surface area contributed by atoms with E-state index in [1.165, 1.54) is 4.88 Å². The Morgan fingerprint density at radius 1 is 1.30 bits per heavy atom. The standard InChI is InChI=1S/C17H18ClN3OS/c1-2-22-16-6-5-12(8-15(16)18)17-13(10-20-21-17)9-19-11-14-4-3-7-23-14/h3-8,10,19H,2,9,11H2,1H3,(H,20,21). The van der Waals surface area contributed by atoms with Gasteiger partial charge in [-0.1, -0.05) is 17.7 Å². The summed E-state index contributed by atoms with van der Waals surface area (Å²) in [5.74, 6) is 0.704. The maximum absolute atomic E-state index is 6.28. The van der Waals surface area contributed by atoms with Crippen molar-refractivity contribution in [1.82, 2.24) is 15.5 Å². The molecule has 0 bridgehead atoms. The molecule has 0 fully saturated rings. The van der Waals surface area contributed by atoms with Crippen LogP contribution in [-0.2, 0) is 13.1 Å². The number of rotatable bonds is 7. The van der Waals surface area contributed by atoms with E-state index in [0.717, 1.165) is 29.9 Å². The third-order valence-electron chi connectivity index (χ3n) is 3.43. The van der Waals surface area contributed by atoms with Gasteiger partial charge in [0.15, 0.2) is 0 Å². The van der Waals surface area contributed by atoms with Gasteiger partial charge < -0.3 is 10.1 Å². The molecular formula is C17H18ClN3OS. The average molecular weight is 348 g/mol.